The van der Waals surface area contributed by atoms with Crippen LogP contribution in [0.1, 0.15) is 6.42 Å². The molecular weight excluding hydrogens is 120 g/mol. The zero-order valence-electron chi connectivity index (χ0n) is 5.18. The average Bonchev–Trinajstić information content (AvgIpc) is 1.94. The quantitative estimate of drug-likeness (QED) is 0.484. The van der Waals surface area contributed by atoms with Gasteiger partial charge in [0.15, 0.2) is 0 Å². The highest BCUT2D eigenvalue weighted by Gasteiger charge is 2.00. The molecule has 2 nitrogen and oxygen atoms in total. The molecule has 0 amide bonds. The monoisotopic (exact) mass is 132 g/mol. The van der Waals surface area contributed by atoms with Crippen LogP contribution in [-0.4, -0.2) is 30.9 Å². The van der Waals surface area contributed by atoms with Gasteiger partial charge in [0.25, 0.3) is 0 Å². The molecule has 1 heterocycles. The van der Waals surface area contributed by atoms with Crippen molar-refractivity contribution in [3.63, 3.8) is 0 Å². The third kappa shape index (κ3) is 2.03. The molecule has 3 heteroatoms. The Balaban J connectivity index is 2.17. The van der Waals surface area contributed by atoms with Crippen LogP contribution in [0.5, 0.6) is 0 Å². The van der Waals surface area contributed by atoms with E-state index in [1.807, 2.05) is 11.9 Å². The summed E-state index contributed by atoms with van der Waals surface area (Å²) in [5, 5.41) is 0. The van der Waals surface area contributed by atoms with Crippen LogP contribution in [-0.2, 0) is 0 Å². The van der Waals surface area contributed by atoms with Crippen LogP contribution in [0.4, 0.5) is 0 Å². The van der Waals surface area contributed by atoms with Crippen molar-refractivity contribution in [1.82, 2.24) is 9.62 Å². The minimum Gasteiger partial charge on any atom is -0.293 e. The van der Waals surface area contributed by atoms with Crippen LogP contribution in [0.15, 0.2) is 0 Å². The molecule has 0 aromatic heterocycles. The summed E-state index contributed by atoms with van der Waals surface area (Å²) in [5.74, 6) is 1.25. The van der Waals surface area contributed by atoms with Gasteiger partial charge in [-0.3, -0.25) is 9.62 Å². The molecule has 0 atom stereocenters. The van der Waals surface area contributed by atoms with Crippen LogP contribution in [0, 0.1) is 0 Å². The second kappa shape index (κ2) is 3.33. The van der Waals surface area contributed by atoms with Crippen molar-refractivity contribution in [3.05, 3.63) is 0 Å². The van der Waals surface area contributed by atoms with Gasteiger partial charge in [0, 0.05) is 5.75 Å². The molecule has 1 saturated heterocycles. The first kappa shape index (κ1) is 6.39. The van der Waals surface area contributed by atoms with E-state index in [0.717, 1.165) is 6.67 Å². The molecule has 1 N–H and O–H groups in total. The number of hydrogen-bond acceptors (Lipinski definition) is 3. The van der Waals surface area contributed by atoms with Crippen molar-refractivity contribution in [2.75, 3.05) is 26.0 Å². The molecule has 48 valence electrons. The maximum absolute atomic E-state index is 3.24. The Morgan fingerprint density at radius 2 is 2.50 bits per heavy atom. The van der Waals surface area contributed by atoms with E-state index in [-0.39, 0.29) is 0 Å². The van der Waals surface area contributed by atoms with Crippen molar-refractivity contribution < 1.29 is 0 Å². The summed E-state index contributed by atoms with van der Waals surface area (Å²) in [6.45, 7) is 2.27. The third-order valence-electron chi connectivity index (χ3n) is 1.22. The Hall–Kier alpha value is 0.270. The first-order valence-electron chi connectivity index (χ1n) is 2.93. The van der Waals surface area contributed by atoms with Crippen molar-refractivity contribution in [2.45, 2.75) is 6.42 Å². The second-order valence-electron chi connectivity index (χ2n) is 2.08. The van der Waals surface area contributed by atoms with E-state index in [1.54, 1.807) is 0 Å². The Kier molecular flexibility index (Phi) is 2.66. The number of nitrogens with one attached hydrogen (secondary N) is 1. The average molecular weight is 132 g/mol. The SMILES string of the molecule is CN1CCCSNC1. The van der Waals surface area contributed by atoms with Crippen molar-refractivity contribution in [1.29, 1.82) is 0 Å². The van der Waals surface area contributed by atoms with Crippen LogP contribution in [0.3, 0.4) is 0 Å². The molecule has 1 fully saturated rings. The molecule has 0 bridgehead atoms. The molecule has 0 radical (unpaired) electrons. The first-order valence-corrected chi connectivity index (χ1v) is 3.91. The predicted molar refractivity (Wildman–Crippen MR) is 37.7 cm³/mol. The van der Waals surface area contributed by atoms with Crippen LogP contribution >= 0.6 is 11.9 Å². The Morgan fingerprint density at radius 1 is 1.62 bits per heavy atom. The van der Waals surface area contributed by atoms with Gasteiger partial charge in [-0.15, -0.1) is 0 Å². The third-order valence-corrected chi connectivity index (χ3v) is 2.05. The topological polar surface area (TPSA) is 15.3 Å². The normalized spacial score (nSPS) is 25.1. The summed E-state index contributed by atoms with van der Waals surface area (Å²) in [4.78, 5) is 2.29. The van der Waals surface area contributed by atoms with Gasteiger partial charge >= 0.3 is 0 Å². The predicted octanol–water partition coefficient (Wildman–Crippen LogP) is 0.517. The van der Waals surface area contributed by atoms with Crippen LogP contribution < -0.4 is 4.72 Å². The molecule has 1 aliphatic heterocycles. The number of hydrogen-bond donors (Lipinski definition) is 1. The Bertz CT molecular complexity index is 59.4. The lowest BCUT2D eigenvalue weighted by molar-refractivity contribution is 0.342. The lowest BCUT2D eigenvalue weighted by Gasteiger charge is -2.10. The van der Waals surface area contributed by atoms with Gasteiger partial charge in [0.05, 0.1) is 6.67 Å². The van der Waals surface area contributed by atoms with E-state index in [4.69, 9.17) is 0 Å². The molecular formula is C5H12N2S. The van der Waals surface area contributed by atoms with Crippen molar-refractivity contribution >= 4 is 11.9 Å². The lowest BCUT2D eigenvalue weighted by atomic mass is 10.4. The summed E-state index contributed by atoms with van der Waals surface area (Å²) < 4.78 is 3.24. The molecule has 0 spiro atoms. The molecule has 1 aliphatic rings. The minimum absolute atomic E-state index is 1.03. The second-order valence-corrected chi connectivity index (χ2v) is 3.07. The van der Waals surface area contributed by atoms with Crippen LogP contribution in [0.2, 0.25) is 0 Å². The Labute approximate surface area is 54.8 Å². The minimum atomic E-state index is 1.03. The molecule has 8 heavy (non-hydrogen) atoms. The fourth-order valence-electron chi connectivity index (χ4n) is 0.714. The van der Waals surface area contributed by atoms with Gasteiger partial charge in [-0.05, 0) is 20.0 Å². The van der Waals surface area contributed by atoms with Crippen LogP contribution in [0.25, 0.3) is 0 Å². The van der Waals surface area contributed by atoms with Gasteiger partial charge in [-0.2, -0.15) is 0 Å². The van der Waals surface area contributed by atoms with E-state index in [1.165, 1.54) is 18.7 Å². The van der Waals surface area contributed by atoms with Gasteiger partial charge < -0.3 is 0 Å². The molecule has 0 unspecified atom stereocenters. The first-order chi connectivity index (χ1) is 3.89. The molecule has 0 aliphatic carbocycles. The zero-order chi connectivity index (χ0) is 5.82. The van der Waals surface area contributed by atoms with Crippen molar-refractivity contribution in [3.8, 4) is 0 Å². The Morgan fingerprint density at radius 3 is 3.38 bits per heavy atom. The summed E-state index contributed by atoms with van der Waals surface area (Å²) in [6.07, 6.45) is 1.31. The lowest BCUT2D eigenvalue weighted by Crippen LogP contribution is -2.25. The van der Waals surface area contributed by atoms with Gasteiger partial charge in [-0.1, -0.05) is 11.9 Å². The maximum Gasteiger partial charge on any atom is 0.0574 e. The van der Waals surface area contributed by atoms with E-state index in [9.17, 15) is 0 Å². The summed E-state index contributed by atoms with van der Waals surface area (Å²) in [5.41, 5.74) is 0. The largest absolute Gasteiger partial charge is 0.293 e. The zero-order valence-corrected chi connectivity index (χ0v) is 6.00. The smallest absolute Gasteiger partial charge is 0.0574 e. The maximum atomic E-state index is 3.24. The highest BCUT2D eigenvalue weighted by molar-refractivity contribution is 7.97. The number of rotatable bonds is 0. The van der Waals surface area contributed by atoms with E-state index >= 15 is 0 Å². The van der Waals surface area contributed by atoms with Gasteiger partial charge in [0.2, 0.25) is 0 Å². The molecule has 0 aromatic rings. The van der Waals surface area contributed by atoms with E-state index in [2.05, 4.69) is 16.7 Å². The highest BCUT2D eigenvalue weighted by atomic mass is 32.2. The summed E-state index contributed by atoms with van der Waals surface area (Å²) in [7, 11) is 2.14. The van der Waals surface area contributed by atoms with Gasteiger partial charge in [-0.25, -0.2) is 0 Å². The molecule has 0 aromatic carbocycles. The van der Waals surface area contributed by atoms with E-state index < -0.39 is 0 Å². The number of nitrogens with zero attached hydrogens (tertiary/aromatic N) is 1. The molecule has 1 rings (SSSR count). The van der Waals surface area contributed by atoms with Crippen molar-refractivity contribution in [2.24, 2.45) is 0 Å². The summed E-state index contributed by atoms with van der Waals surface area (Å²) >= 11 is 1.83. The fourth-order valence-corrected chi connectivity index (χ4v) is 1.44. The summed E-state index contributed by atoms with van der Waals surface area (Å²) in [6, 6.07) is 0. The highest BCUT2D eigenvalue weighted by Crippen LogP contribution is 2.01. The standard InChI is InChI=1S/C5H12N2S/c1-7-3-2-4-8-6-5-7/h6H,2-5H2,1H3. The van der Waals surface area contributed by atoms with Gasteiger partial charge in [0.1, 0.15) is 0 Å². The molecule has 0 saturated carbocycles. The van der Waals surface area contributed by atoms with E-state index in [0.29, 0.717) is 0 Å². The fraction of sp³-hybridized carbons (Fsp3) is 1.00.